The maximum absolute atomic E-state index is 10.3. The van der Waals surface area contributed by atoms with E-state index >= 15 is 0 Å². The second-order valence-corrected chi connectivity index (χ2v) is 2.69. The number of aromatic nitrogens is 3. The van der Waals surface area contributed by atoms with Gasteiger partial charge in [0.2, 0.25) is 0 Å². The van der Waals surface area contributed by atoms with Crippen LogP contribution in [0.15, 0.2) is 6.20 Å². The highest BCUT2D eigenvalue weighted by Gasteiger charge is 2.03. The predicted molar refractivity (Wildman–Crippen MR) is 52.3 cm³/mol. The summed E-state index contributed by atoms with van der Waals surface area (Å²) in [6.45, 7) is 0.460. The molecule has 80 valence electrons. The lowest BCUT2D eigenvalue weighted by molar-refractivity contribution is -0.137. The molecule has 14 heavy (non-hydrogen) atoms. The Morgan fingerprint density at radius 1 is 1.64 bits per heavy atom. The number of aryl methyl sites for hydroxylation is 1. The van der Waals surface area contributed by atoms with Crippen molar-refractivity contribution < 1.29 is 9.90 Å². The van der Waals surface area contributed by atoms with Gasteiger partial charge in [-0.05, 0) is 19.4 Å². The number of carboxylic acids is 1. The van der Waals surface area contributed by atoms with E-state index in [0.717, 1.165) is 18.5 Å². The van der Waals surface area contributed by atoms with E-state index < -0.39 is 5.97 Å². The molecule has 0 aliphatic carbocycles. The Morgan fingerprint density at radius 3 is 2.93 bits per heavy atom. The summed E-state index contributed by atoms with van der Waals surface area (Å²) in [7, 11) is 0. The standard InChI is InChI=1S/C7H12N4O2.ClH/c8-3-1-2-6-4-11(10-9-6)5-7(12)13;/h4H,1-3,5,8H2,(H,12,13);1H. The van der Waals surface area contributed by atoms with Crippen molar-refractivity contribution in [1.29, 1.82) is 0 Å². The summed E-state index contributed by atoms with van der Waals surface area (Å²) in [5.41, 5.74) is 6.10. The number of nitrogens with two attached hydrogens (primary N) is 1. The summed E-state index contributed by atoms with van der Waals surface area (Å²) in [4.78, 5) is 10.3. The summed E-state index contributed by atoms with van der Waals surface area (Å²) in [5, 5.41) is 15.9. The number of hydrogen-bond acceptors (Lipinski definition) is 4. The molecule has 1 rings (SSSR count). The number of aliphatic carboxylic acids is 1. The van der Waals surface area contributed by atoms with Gasteiger partial charge >= 0.3 is 5.97 Å². The lowest BCUT2D eigenvalue weighted by Gasteiger charge is -1.92. The molecule has 0 aliphatic heterocycles. The van der Waals surface area contributed by atoms with E-state index in [1.807, 2.05) is 0 Å². The molecule has 0 amide bonds. The van der Waals surface area contributed by atoms with Crippen LogP contribution in [0.3, 0.4) is 0 Å². The fourth-order valence-corrected chi connectivity index (χ4v) is 0.952. The molecule has 1 aromatic rings. The zero-order chi connectivity index (χ0) is 9.68. The van der Waals surface area contributed by atoms with Crippen LogP contribution in [0.1, 0.15) is 12.1 Å². The van der Waals surface area contributed by atoms with Crippen LogP contribution in [-0.2, 0) is 17.8 Å². The van der Waals surface area contributed by atoms with Gasteiger partial charge in [-0.2, -0.15) is 0 Å². The van der Waals surface area contributed by atoms with Gasteiger partial charge in [0.1, 0.15) is 6.54 Å². The highest BCUT2D eigenvalue weighted by molar-refractivity contribution is 5.85. The first kappa shape index (κ1) is 12.9. The Kier molecular flexibility index (Phi) is 5.82. The molecule has 0 aromatic carbocycles. The first-order chi connectivity index (χ1) is 6.22. The molecule has 3 N–H and O–H groups in total. The van der Waals surface area contributed by atoms with Crippen molar-refractivity contribution in [2.24, 2.45) is 5.73 Å². The van der Waals surface area contributed by atoms with E-state index in [-0.39, 0.29) is 19.0 Å². The van der Waals surface area contributed by atoms with E-state index in [2.05, 4.69) is 10.3 Å². The smallest absolute Gasteiger partial charge is 0.325 e. The number of hydrogen-bond donors (Lipinski definition) is 2. The van der Waals surface area contributed by atoms with Gasteiger partial charge in [0.25, 0.3) is 0 Å². The molecule has 6 nitrogen and oxygen atoms in total. The van der Waals surface area contributed by atoms with Gasteiger partial charge < -0.3 is 10.8 Å². The lowest BCUT2D eigenvalue weighted by atomic mass is 10.2. The molecule has 0 atom stereocenters. The van der Waals surface area contributed by atoms with Gasteiger partial charge in [0, 0.05) is 6.20 Å². The van der Waals surface area contributed by atoms with Crippen LogP contribution in [0.25, 0.3) is 0 Å². The third kappa shape index (κ3) is 4.20. The molecule has 0 saturated heterocycles. The van der Waals surface area contributed by atoms with Crippen LogP contribution in [0.2, 0.25) is 0 Å². The lowest BCUT2D eigenvalue weighted by Crippen LogP contribution is -2.08. The van der Waals surface area contributed by atoms with Gasteiger partial charge in [-0.25, -0.2) is 4.68 Å². The van der Waals surface area contributed by atoms with Crippen molar-refractivity contribution in [3.05, 3.63) is 11.9 Å². The van der Waals surface area contributed by atoms with E-state index in [1.165, 1.54) is 4.68 Å². The van der Waals surface area contributed by atoms with Crippen LogP contribution >= 0.6 is 12.4 Å². The Hall–Kier alpha value is -1.14. The topological polar surface area (TPSA) is 94.0 Å². The Morgan fingerprint density at radius 2 is 2.36 bits per heavy atom. The highest BCUT2D eigenvalue weighted by Crippen LogP contribution is 1.96. The van der Waals surface area contributed by atoms with Crippen molar-refractivity contribution >= 4 is 18.4 Å². The van der Waals surface area contributed by atoms with Gasteiger partial charge in [-0.1, -0.05) is 5.21 Å². The largest absolute Gasteiger partial charge is 0.480 e. The third-order valence-corrected chi connectivity index (χ3v) is 1.52. The average Bonchev–Trinajstić information content (AvgIpc) is 2.48. The monoisotopic (exact) mass is 220 g/mol. The van der Waals surface area contributed by atoms with Gasteiger partial charge in [0.15, 0.2) is 0 Å². The van der Waals surface area contributed by atoms with Gasteiger partial charge in [-0.3, -0.25) is 4.79 Å². The summed E-state index contributed by atoms with van der Waals surface area (Å²) < 4.78 is 1.30. The van der Waals surface area contributed by atoms with Crippen LogP contribution in [0.4, 0.5) is 0 Å². The zero-order valence-corrected chi connectivity index (χ0v) is 8.40. The van der Waals surface area contributed by atoms with Crippen LogP contribution in [0, 0.1) is 0 Å². The first-order valence-corrected chi connectivity index (χ1v) is 4.03. The minimum atomic E-state index is -0.921. The second kappa shape index (κ2) is 6.33. The van der Waals surface area contributed by atoms with Crippen LogP contribution in [-0.4, -0.2) is 32.6 Å². The quantitative estimate of drug-likeness (QED) is 0.709. The third-order valence-electron chi connectivity index (χ3n) is 1.52. The van der Waals surface area contributed by atoms with Crippen LogP contribution < -0.4 is 5.73 Å². The number of nitrogens with zero attached hydrogens (tertiary/aromatic N) is 3. The molecule has 0 bridgehead atoms. The molecule has 0 fully saturated rings. The highest BCUT2D eigenvalue weighted by atomic mass is 35.5. The zero-order valence-electron chi connectivity index (χ0n) is 7.59. The van der Waals surface area contributed by atoms with Gasteiger partial charge in [-0.15, -0.1) is 17.5 Å². The fourth-order valence-electron chi connectivity index (χ4n) is 0.952. The van der Waals surface area contributed by atoms with Gasteiger partial charge in [0.05, 0.1) is 5.69 Å². The van der Waals surface area contributed by atoms with E-state index in [9.17, 15) is 4.79 Å². The Bertz CT molecular complexity index is 289. The minimum absolute atomic E-state index is 0. The van der Waals surface area contributed by atoms with Crippen molar-refractivity contribution in [1.82, 2.24) is 15.0 Å². The van der Waals surface area contributed by atoms with Crippen molar-refractivity contribution in [3.8, 4) is 0 Å². The molecule has 0 radical (unpaired) electrons. The van der Waals surface area contributed by atoms with Crippen molar-refractivity contribution in [2.45, 2.75) is 19.4 Å². The Balaban J connectivity index is 0.00000169. The molecular weight excluding hydrogens is 208 g/mol. The van der Waals surface area contributed by atoms with E-state index in [4.69, 9.17) is 10.8 Å². The maximum Gasteiger partial charge on any atom is 0.325 e. The number of rotatable bonds is 5. The van der Waals surface area contributed by atoms with E-state index in [1.54, 1.807) is 6.20 Å². The molecule has 0 saturated carbocycles. The van der Waals surface area contributed by atoms with Crippen LogP contribution in [0.5, 0.6) is 0 Å². The number of carbonyl (C=O) groups is 1. The molecule has 1 aromatic heterocycles. The Labute approximate surface area is 87.5 Å². The summed E-state index contributed by atoms with van der Waals surface area (Å²) in [5.74, 6) is -0.921. The van der Waals surface area contributed by atoms with Crippen molar-refractivity contribution in [2.75, 3.05) is 6.54 Å². The summed E-state index contributed by atoms with van der Waals surface area (Å²) in [6, 6.07) is 0. The maximum atomic E-state index is 10.3. The average molecular weight is 221 g/mol. The SMILES string of the molecule is Cl.NCCCc1cn(CC(=O)O)nn1. The number of halogens is 1. The summed E-state index contributed by atoms with van der Waals surface area (Å²) >= 11 is 0. The number of carboxylic acid groups (broad SMARTS) is 1. The normalized spacial score (nSPS) is 9.50. The second-order valence-electron chi connectivity index (χ2n) is 2.69. The molecular formula is C7H13ClN4O2. The molecule has 0 unspecified atom stereocenters. The van der Waals surface area contributed by atoms with E-state index in [0.29, 0.717) is 6.54 Å². The minimum Gasteiger partial charge on any atom is -0.480 e. The molecule has 0 aliphatic rings. The predicted octanol–water partition coefficient (Wildman–Crippen LogP) is -0.324. The molecule has 1 heterocycles. The fraction of sp³-hybridized carbons (Fsp3) is 0.571. The molecule has 7 heteroatoms. The summed E-state index contributed by atoms with van der Waals surface area (Å²) in [6.07, 6.45) is 3.21. The van der Waals surface area contributed by atoms with Crippen molar-refractivity contribution in [3.63, 3.8) is 0 Å². The first-order valence-electron chi connectivity index (χ1n) is 4.03. The molecule has 0 spiro atoms.